The molecule has 0 saturated carbocycles. The van der Waals surface area contributed by atoms with Crippen molar-refractivity contribution in [3.8, 4) is 12.8 Å². The molecular formula is C11H15NO2. The highest BCUT2D eigenvalue weighted by Gasteiger charge is 1.91. The third-order valence-electron chi connectivity index (χ3n) is 1.43. The van der Waals surface area contributed by atoms with Crippen LogP contribution in [-0.4, -0.2) is 24.5 Å². The van der Waals surface area contributed by atoms with Crippen molar-refractivity contribution in [2.45, 2.75) is 13.3 Å². The van der Waals surface area contributed by atoms with E-state index in [-0.39, 0.29) is 6.61 Å². The van der Waals surface area contributed by atoms with Gasteiger partial charge in [-0.2, -0.15) is 0 Å². The lowest BCUT2D eigenvalue weighted by molar-refractivity contribution is 0.291. The Kier molecular flexibility index (Phi) is 7.20. The molecule has 0 unspecified atom stereocenters. The highest BCUT2D eigenvalue weighted by atomic mass is 16.3. The van der Waals surface area contributed by atoms with E-state index in [0.29, 0.717) is 13.0 Å². The fourth-order valence-electron chi connectivity index (χ4n) is 0.839. The van der Waals surface area contributed by atoms with E-state index in [4.69, 9.17) is 9.52 Å². The first kappa shape index (κ1) is 12.5. The molecule has 0 amide bonds. The molecule has 3 heteroatoms. The van der Waals surface area contributed by atoms with Gasteiger partial charge in [0.05, 0.1) is 6.21 Å². The van der Waals surface area contributed by atoms with Gasteiger partial charge in [0.15, 0.2) is 0 Å². The normalized spacial score (nSPS) is 9.71. The molecule has 0 spiro atoms. The number of nitrogens with zero attached hydrogens (tertiary/aromatic N) is 1. The maximum absolute atomic E-state index is 8.47. The average Bonchev–Trinajstić information content (AvgIpc) is 2.62. The number of terminal acetylenes is 1. The first-order valence-electron chi connectivity index (χ1n) is 4.33. The Bertz CT molecular complexity index is 286. The van der Waals surface area contributed by atoms with Gasteiger partial charge in [0, 0.05) is 13.2 Å². The van der Waals surface area contributed by atoms with Gasteiger partial charge in [0.25, 0.3) is 0 Å². The fourth-order valence-corrected chi connectivity index (χ4v) is 0.839. The lowest BCUT2D eigenvalue weighted by Gasteiger charge is -1.87. The predicted octanol–water partition coefficient (Wildman–Crippen LogP) is 1.64. The van der Waals surface area contributed by atoms with Crippen LogP contribution in [0.4, 0.5) is 0 Å². The van der Waals surface area contributed by atoms with Gasteiger partial charge in [0.2, 0.25) is 0 Å². The van der Waals surface area contributed by atoms with Crippen LogP contribution in [0, 0.1) is 19.8 Å². The maximum atomic E-state index is 8.47. The summed E-state index contributed by atoms with van der Waals surface area (Å²) in [5, 5.41) is 8.47. The van der Waals surface area contributed by atoms with Crippen LogP contribution in [0.1, 0.15) is 17.9 Å². The molecule has 0 aromatic carbocycles. The minimum absolute atomic E-state index is 0.189. The second-order valence-corrected chi connectivity index (χ2v) is 2.56. The third-order valence-corrected chi connectivity index (χ3v) is 1.43. The van der Waals surface area contributed by atoms with Crippen molar-refractivity contribution in [2.24, 2.45) is 4.99 Å². The monoisotopic (exact) mass is 193 g/mol. The van der Waals surface area contributed by atoms with Crippen molar-refractivity contribution >= 4 is 6.21 Å². The summed E-state index contributed by atoms with van der Waals surface area (Å²) in [5.74, 6) is 1.66. The molecule has 3 nitrogen and oxygen atoms in total. The third kappa shape index (κ3) is 5.18. The topological polar surface area (TPSA) is 45.7 Å². The molecule has 1 heterocycles. The van der Waals surface area contributed by atoms with Crippen molar-refractivity contribution in [3.63, 3.8) is 0 Å². The minimum atomic E-state index is 0.189. The van der Waals surface area contributed by atoms with E-state index in [2.05, 4.69) is 17.8 Å². The van der Waals surface area contributed by atoms with Gasteiger partial charge < -0.3 is 9.52 Å². The van der Waals surface area contributed by atoms with E-state index in [9.17, 15) is 0 Å². The zero-order valence-corrected chi connectivity index (χ0v) is 8.31. The van der Waals surface area contributed by atoms with Crippen LogP contribution in [0.3, 0.4) is 0 Å². The molecule has 76 valence electrons. The molecule has 0 fully saturated rings. The van der Waals surface area contributed by atoms with Crippen LogP contribution < -0.4 is 0 Å². The van der Waals surface area contributed by atoms with Gasteiger partial charge in [-0.3, -0.25) is 4.99 Å². The van der Waals surface area contributed by atoms with Crippen LogP contribution in [-0.2, 0) is 0 Å². The summed E-state index contributed by atoms with van der Waals surface area (Å²) < 4.78 is 5.25. The van der Waals surface area contributed by atoms with Crippen molar-refractivity contribution in [2.75, 3.05) is 13.2 Å². The maximum Gasteiger partial charge on any atom is 0.144 e. The number of hydrogen-bond acceptors (Lipinski definition) is 3. The number of aliphatic hydroxyl groups is 1. The number of hydrogen-bond donors (Lipinski definition) is 1. The zero-order chi connectivity index (χ0) is 10.8. The molecule has 0 aliphatic carbocycles. The predicted molar refractivity (Wildman–Crippen MR) is 57.5 cm³/mol. The minimum Gasteiger partial charge on any atom is -0.460 e. The molecule has 0 aliphatic heterocycles. The molecule has 0 atom stereocenters. The number of aryl methyl sites for hydroxylation is 1. The molecule has 0 radical (unpaired) electrons. The Hall–Kier alpha value is -1.53. The van der Waals surface area contributed by atoms with E-state index in [1.54, 1.807) is 6.21 Å². The van der Waals surface area contributed by atoms with E-state index in [0.717, 1.165) is 11.5 Å². The first-order valence-corrected chi connectivity index (χ1v) is 4.33. The SMILES string of the molecule is C#C.Cc1ccc(C=NCCCO)o1. The molecule has 0 bridgehead atoms. The molecule has 14 heavy (non-hydrogen) atoms. The summed E-state index contributed by atoms with van der Waals surface area (Å²) >= 11 is 0. The molecular weight excluding hydrogens is 178 g/mol. The Labute approximate surface area is 84.5 Å². The number of rotatable bonds is 4. The second kappa shape index (κ2) is 8.09. The highest BCUT2D eigenvalue weighted by molar-refractivity contribution is 5.75. The van der Waals surface area contributed by atoms with Crippen molar-refractivity contribution < 1.29 is 9.52 Å². The Morgan fingerprint density at radius 1 is 1.50 bits per heavy atom. The van der Waals surface area contributed by atoms with Crippen LogP contribution in [0.15, 0.2) is 21.5 Å². The first-order chi connectivity index (χ1) is 6.83. The van der Waals surface area contributed by atoms with Gasteiger partial charge in [-0.15, -0.1) is 12.8 Å². The van der Waals surface area contributed by atoms with Crippen LogP contribution in [0.2, 0.25) is 0 Å². The average molecular weight is 193 g/mol. The standard InChI is InChI=1S/C9H13NO2.C2H2/c1-8-3-4-9(12-8)7-10-5-2-6-11;1-2/h3-4,7,11H,2,5-6H2,1H3;1-2H. The Morgan fingerprint density at radius 2 is 2.21 bits per heavy atom. The van der Waals surface area contributed by atoms with Crippen LogP contribution in [0.5, 0.6) is 0 Å². The lowest BCUT2D eigenvalue weighted by atomic mass is 10.4. The van der Waals surface area contributed by atoms with Gasteiger partial charge in [-0.25, -0.2) is 0 Å². The van der Waals surface area contributed by atoms with Gasteiger partial charge in [-0.05, 0) is 25.5 Å². The van der Waals surface area contributed by atoms with E-state index >= 15 is 0 Å². The lowest BCUT2D eigenvalue weighted by Crippen LogP contribution is -1.87. The van der Waals surface area contributed by atoms with E-state index in [1.165, 1.54) is 0 Å². The Morgan fingerprint density at radius 3 is 2.71 bits per heavy atom. The Balaban J connectivity index is 0.000000791. The summed E-state index contributed by atoms with van der Waals surface area (Å²) in [5.41, 5.74) is 0. The fraction of sp³-hybridized carbons (Fsp3) is 0.364. The van der Waals surface area contributed by atoms with E-state index in [1.807, 2.05) is 19.1 Å². The zero-order valence-electron chi connectivity index (χ0n) is 8.31. The molecule has 1 aromatic heterocycles. The molecule has 1 N–H and O–H groups in total. The highest BCUT2D eigenvalue weighted by Crippen LogP contribution is 2.02. The number of aliphatic hydroxyl groups excluding tert-OH is 1. The smallest absolute Gasteiger partial charge is 0.144 e. The molecule has 0 saturated heterocycles. The molecule has 1 aromatic rings. The van der Waals surface area contributed by atoms with Crippen molar-refractivity contribution in [3.05, 3.63) is 23.7 Å². The number of aliphatic imine (C=N–C) groups is 1. The summed E-state index contributed by atoms with van der Waals surface area (Å²) in [4.78, 5) is 4.07. The molecule has 0 aliphatic rings. The van der Waals surface area contributed by atoms with Crippen LogP contribution >= 0.6 is 0 Å². The summed E-state index contributed by atoms with van der Waals surface area (Å²) in [6.45, 7) is 2.73. The quantitative estimate of drug-likeness (QED) is 0.449. The summed E-state index contributed by atoms with van der Waals surface area (Å²) in [6, 6.07) is 3.77. The largest absolute Gasteiger partial charge is 0.460 e. The molecule has 1 rings (SSSR count). The second-order valence-electron chi connectivity index (χ2n) is 2.56. The summed E-state index contributed by atoms with van der Waals surface area (Å²) in [6.07, 6.45) is 10.4. The van der Waals surface area contributed by atoms with Crippen molar-refractivity contribution in [1.29, 1.82) is 0 Å². The van der Waals surface area contributed by atoms with E-state index < -0.39 is 0 Å². The summed E-state index contributed by atoms with van der Waals surface area (Å²) in [7, 11) is 0. The number of furan rings is 1. The van der Waals surface area contributed by atoms with Crippen LogP contribution in [0.25, 0.3) is 0 Å². The van der Waals surface area contributed by atoms with Gasteiger partial charge >= 0.3 is 0 Å². The van der Waals surface area contributed by atoms with Gasteiger partial charge in [0.1, 0.15) is 11.5 Å². The van der Waals surface area contributed by atoms with Crippen molar-refractivity contribution in [1.82, 2.24) is 0 Å². The van der Waals surface area contributed by atoms with Gasteiger partial charge in [-0.1, -0.05) is 0 Å².